The van der Waals surface area contributed by atoms with Crippen LogP contribution in [0, 0.1) is 4.77 Å². The summed E-state index contributed by atoms with van der Waals surface area (Å²) >= 11 is 11.3. The van der Waals surface area contributed by atoms with Crippen LogP contribution in [0.3, 0.4) is 0 Å². The first-order valence-electron chi connectivity index (χ1n) is 6.57. The van der Waals surface area contributed by atoms with E-state index in [-0.39, 0.29) is 0 Å². The highest BCUT2D eigenvalue weighted by Crippen LogP contribution is 2.15. The normalized spacial score (nSPS) is 16.4. The number of hydrogen-bond acceptors (Lipinski definition) is 3. The number of benzene rings is 1. The molecule has 0 aliphatic carbocycles. The van der Waals surface area contributed by atoms with Gasteiger partial charge in [0, 0.05) is 10.7 Å². The number of aromatic amines is 1. The third-order valence-electron chi connectivity index (χ3n) is 3.43. The molecule has 1 fully saturated rings. The Kier molecular flexibility index (Phi) is 4.16. The molecule has 1 aliphatic rings. The van der Waals surface area contributed by atoms with Gasteiger partial charge in [-0.05, 0) is 36.5 Å². The number of ether oxygens (including phenoxy) is 1. The Bertz CT molecular complexity index is 631. The van der Waals surface area contributed by atoms with Crippen LogP contribution in [0.2, 0.25) is 5.02 Å². The average molecular weight is 312 g/mol. The van der Waals surface area contributed by atoms with Gasteiger partial charge >= 0.3 is 0 Å². The summed E-state index contributed by atoms with van der Waals surface area (Å²) in [6, 6.07) is 7.62. The van der Waals surface area contributed by atoms with Crippen LogP contribution in [0.5, 0.6) is 0 Å². The Morgan fingerprint density at radius 2 is 2.00 bits per heavy atom. The summed E-state index contributed by atoms with van der Waals surface area (Å²) in [7, 11) is 0. The molecule has 7 heteroatoms. The Labute approximate surface area is 127 Å². The van der Waals surface area contributed by atoms with E-state index < -0.39 is 0 Å². The molecule has 0 unspecified atom stereocenters. The van der Waals surface area contributed by atoms with Crippen LogP contribution in [0.25, 0.3) is 5.69 Å². The predicted molar refractivity (Wildman–Crippen MR) is 79.0 cm³/mol. The molecule has 0 spiro atoms. The number of rotatable bonds is 3. The number of morpholine rings is 1. The third-order valence-corrected chi connectivity index (χ3v) is 3.96. The second kappa shape index (κ2) is 6.05. The van der Waals surface area contributed by atoms with E-state index in [2.05, 4.69) is 10.2 Å². The third kappa shape index (κ3) is 2.93. The van der Waals surface area contributed by atoms with E-state index in [0.29, 0.717) is 9.79 Å². The van der Waals surface area contributed by atoms with Crippen LogP contribution < -0.4 is 4.90 Å². The number of hydrogen-bond donors (Lipinski definition) is 2. The van der Waals surface area contributed by atoms with Crippen molar-refractivity contribution in [3.8, 4) is 5.69 Å². The second-order valence-electron chi connectivity index (χ2n) is 4.80. The Morgan fingerprint density at radius 1 is 1.30 bits per heavy atom. The highest BCUT2D eigenvalue weighted by molar-refractivity contribution is 7.71. The van der Waals surface area contributed by atoms with E-state index in [4.69, 9.17) is 28.6 Å². The molecule has 0 amide bonds. The highest BCUT2D eigenvalue weighted by Gasteiger charge is 2.18. The van der Waals surface area contributed by atoms with Crippen molar-refractivity contribution >= 4 is 23.8 Å². The van der Waals surface area contributed by atoms with E-state index in [9.17, 15) is 0 Å². The average Bonchev–Trinajstić information content (AvgIpc) is 2.82. The van der Waals surface area contributed by atoms with Crippen LogP contribution in [0.1, 0.15) is 5.82 Å². The van der Waals surface area contributed by atoms with Crippen molar-refractivity contribution in [2.24, 2.45) is 0 Å². The maximum absolute atomic E-state index is 5.93. The summed E-state index contributed by atoms with van der Waals surface area (Å²) < 4.78 is 7.95. The van der Waals surface area contributed by atoms with Crippen molar-refractivity contribution in [3.63, 3.8) is 0 Å². The van der Waals surface area contributed by atoms with Crippen LogP contribution in [0.15, 0.2) is 24.3 Å². The van der Waals surface area contributed by atoms with E-state index >= 15 is 0 Å². The molecule has 2 aromatic rings. The summed E-state index contributed by atoms with van der Waals surface area (Å²) in [5, 5.41) is 7.95. The Morgan fingerprint density at radius 3 is 2.70 bits per heavy atom. The molecule has 106 valence electrons. The number of H-pyrrole nitrogens is 1. The quantitative estimate of drug-likeness (QED) is 0.831. The van der Waals surface area contributed by atoms with Crippen LogP contribution in [0.4, 0.5) is 0 Å². The molecular weight excluding hydrogens is 296 g/mol. The van der Waals surface area contributed by atoms with E-state index in [1.165, 1.54) is 4.90 Å². The van der Waals surface area contributed by atoms with Gasteiger partial charge in [-0.25, -0.2) is 0 Å². The molecule has 1 aliphatic heterocycles. The zero-order valence-corrected chi connectivity index (χ0v) is 12.5. The number of halogens is 1. The van der Waals surface area contributed by atoms with Gasteiger partial charge in [-0.3, -0.25) is 9.67 Å². The van der Waals surface area contributed by atoms with Gasteiger partial charge in [0.15, 0.2) is 10.6 Å². The minimum atomic E-state index is 0.606. The zero-order valence-electron chi connectivity index (χ0n) is 10.9. The molecule has 0 saturated carbocycles. The second-order valence-corrected chi connectivity index (χ2v) is 5.62. The molecule has 5 nitrogen and oxygen atoms in total. The molecule has 1 aromatic heterocycles. The lowest BCUT2D eigenvalue weighted by Crippen LogP contribution is -3.12. The van der Waals surface area contributed by atoms with Gasteiger partial charge in [0.2, 0.25) is 0 Å². The molecule has 0 bridgehead atoms. The summed E-state index contributed by atoms with van der Waals surface area (Å²) in [6.45, 7) is 4.45. The van der Waals surface area contributed by atoms with Gasteiger partial charge in [0.1, 0.15) is 19.6 Å². The Hall–Kier alpha value is -1.21. The van der Waals surface area contributed by atoms with Gasteiger partial charge in [0.25, 0.3) is 0 Å². The van der Waals surface area contributed by atoms with Gasteiger partial charge in [-0.1, -0.05) is 11.6 Å². The predicted octanol–water partition coefficient (Wildman–Crippen LogP) is 0.998. The van der Waals surface area contributed by atoms with Crippen molar-refractivity contribution in [3.05, 3.63) is 39.9 Å². The van der Waals surface area contributed by atoms with E-state index in [1.807, 2.05) is 28.8 Å². The van der Waals surface area contributed by atoms with Gasteiger partial charge in [0.05, 0.1) is 13.2 Å². The molecule has 0 atom stereocenters. The van der Waals surface area contributed by atoms with E-state index in [0.717, 1.165) is 44.4 Å². The fraction of sp³-hybridized carbons (Fsp3) is 0.385. The van der Waals surface area contributed by atoms with Crippen LogP contribution in [-0.4, -0.2) is 41.1 Å². The van der Waals surface area contributed by atoms with Crippen molar-refractivity contribution in [2.45, 2.75) is 6.54 Å². The molecule has 1 saturated heterocycles. The smallest absolute Gasteiger partial charge is 0.200 e. The van der Waals surface area contributed by atoms with Crippen LogP contribution >= 0.6 is 23.8 Å². The van der Waals surface area contributed by atoms with Gasteiger partial charge < -0.3 is 9.64 Å². The van der Waals surface area contributed by atoms with Crippen molar-refractivity contribution < 1.29 is 9.64 Å². The lowest BCUT2D eigenvalue weighted by atomic mass is 10.3. The topological polar surface area (TPSA) is 47.3 Å². The summed E-state index contributed by atoms with van der Waals surface area (Å²) in [4.78, 5) is 1.46. The van der Waals surface area contributed by atoms with E-state index in [1.54, 1.807) is 0 Å². The first-order chi connectivity index (χ1) is 9.74. The minimum Gasteiger partial charge on any atom is -0.370 e. The fourth-order valence-corrected chi connectivity index (χ4v) is 2.75. The first kappa shape index (κ1) is 13.8. The first-order valence-corrected chi connectivity index (χ1v) is 7.36. The monoisotopic (exact) mass is 311 g/mol. The zero-order chi connectivity index (χ0) is 13.9. The molecular formula is C13H16ClN4OS+. The highest BCUT2D eigenvalue weighted by atomic mass is 35.5. The number of nitrogens with one attached hydrogen (secondary N) is 2. The summed E-state index contributed by atoms with van der Waals surface area (Å²) in [6.07, 6.45) is 0. The summed E-state index contributed by atoms with van der Waals surface area (Å²) in [5.74, 6) is 0.939. The number of quaternary nitrogens is 1. The largest absolute Gasteiger partial charge is 0.370 e. The van der Waals surface area contributed by atoms with Gasteiger partial charge in [-0.2, -0.15) is 5.10 Å². The maximum Gasteiger partial charge on any atom is 0.200 e. The molecule has 3 rings (SSSR count). The fourth-order valence-electron chi connectivity index (χ4n) is 2.37. The molecule has 2 N–H and O–H groups in total. The molecule has 0 radical (unpaired) electrons. The Balaban J connectivity index is 1.88. The summed E-state index contributed by atoms with van der Waals surface area (Å²) in [5.41, 5.74) is 0.982. The molecule has 2 heterocycles. The van der Waals surface area contributed by atoms with Crippen LogP contribution in [-0.2, 0) is 11.3 Å². The lowest BCUT2D eigenvalue weighted by molar-refractivity contribution is -0.922. The lowest BCUT2D eigenvalue weighted by Gasteiger charge is -2.23. The van der Waals surface area contributed by atoms with Gasteiger partial charge in [-0.15, -0.1) is 0 Å². The molecule has 1 aromatic carbocycles. The standard InChI is InChI=1S/C13H15ClN4OS/c14-10-1-3-11(4-2-10)18-12(15-16-13(18)20)9-17-5-7-19-8-6-17/h1-4H,5-9H2,(H,16,20)/p+1. The SMILES string of the molecule is S=c1[nH]nc(C[NH+]2CCOCC2)n1-c1ccc(Cl)cc1. The van der Waals surface area contributed by atoms with Crippen molar-refractivity contribution in [2.75, 3.05) is 26.3 Å². The maximum atomic E-state index is 5.93. The van der Waals surface area contributed by atoms with Crippen molar-refractivity contribution in [1.82, 2.24) is 14.8 Å². The molecule has 20 heavy (non-hydrogen) atoms. The number of aromatic nitrogens is 3. The van der Waals surface area contributed by atoms with Crippen molar-refractivity contribution in [1.29, 1.82) is 0 Å². The number of nitrogens with zero attached hydrogens (tertiary/aromatic N) is 2. The minimum absolute atomic E-state index is 0.606.